The standard InChI is InChI=1S/C17H21FO3/c1-16(2)11-6-7-17(16,3)14(9-11)21-13-5-4-10(15(19)20)8-12(13)18/h4-5,8,11,14H,6-7,9H2,1-3H3,(H,19,20). The molecular weight excluding hydrogens is 271 g/mol. The number of aromatic carboxylic acids is 1. The van der Waals surface area contributed by atoms with Crippen LogP contribution < -0.4 is 4.74 Å². The summed E-state index contributed by atoms with van der Waals surface area (Å²) < 4.78 is 20.0. The van der Waals surface area contributed by atoms with Crippen LogP contribution in [0.3, 0.4) is 0 Å². The van der Waals surface area contributed by atoms with Crippen molar-refractivity contribution in [2.45, 2.75) is 46.1 Å². The normalized spacial score (nSPS) is 33.1. The first-order valence-electron chi connectivity index (χ1n) is 7.45. The lowest BCUT2D eigenvalue weighted by molar-refractivity contribution is 0.0277. The summed E-state index contributed by atoms with van der Waals surface area (Å²) in [6, 6.07) is 3.85. The Morgan fingerprint density at radius 3 is 2.57 bits per heavy atom. The van der Waals surface area contributed by atoms with Gasteiger partial charge < -0.3 is 9.84 Å². The van der Waals surface area contributed by atoms with E-state index in [1.54, 1.807) is 0 Å². The lowest BCUT2D eigenvalue weighted by Crippen LogP contribution is -2.39. The number of hydrogen-bond donors (Lipinski definition) is 1. The zero-order valence-corrected chi connectivity index (χ0v) is 12.6. The number of hydrogen-bond acceptors (Lipinski definition) is 2. The maximum absolute atomic E-state index is 14.0. The zero-order valence-electron chi connectivity index (χ0n) is 12.6. The molecule has 2 bridgehead atoms. The number of carboxylic acids is 1. The van der Waals surface area contributed by atoms with E-state index in [0.29, 0.717) is 5.92 Å². The molecule has 0 radical (unpaired) electrons. The second-order valence-corrected chi connectivity index (χ2v) is 7.17. The average Bonchev–Trinajstić information content (AvgIpc) is 2.74. The van der Waals surface area contributed by atoms with E-state index in [-0.39, 0.29) is 28.2 Å². The van der Waals surface area contributed by atoms with Crippen LogP contribution in [0.15, 0.2) is 18.2 Å². The third-order valence-electron chi connectivity index (χ3n) is 6.16. The fourth-order valence-corrected chi connectivity index (χ4v) is 4.19. The van der Waals surface area contributed by atoms with Crippen molar-refractivity contribution in [2.24, 2.45) is 16.7 Å². The highest BCUT2D eigenvalue weighted by molar-refractivity contribution is 5.87. The first kappa shape index (κ1) is 14.4. The Balaban J connectivity index is 1.84. The van der Waals surface area contributed by atoms with Gasteiger partial charge in [0.05, 0.1) is 5.56 Å². The number of halogens is 1. The van der Waals surface area contributed by atoms with E-state index < -0.39 is 11.8 Å². The van der Waals surface area contributed by atoms with Crippen molar-refractivity contribution in [1.29, 1.82) is 0 Å². The SMILES string of the molecule is CC1(C)C2CCC1(C)C(Oc1ccc(C(=O)O)cc1F)C2. The molecule has 2 aliphatic carbocycles. The minimum absolute atomic E-state index is 0.00331. The quantitative estimate of drug-likeness (QED) is 0.911. The van der Waals surface area contributed by atoms with Crippen LogP contribution in [0.1, 0.15) is 50.4 Å². The van der Waals surface area contributed by atoms with E-state index in [0.717, 1.165) is 18.9 Å². The van der Waals surface area contributed by atoms with Crippen molar-refractivity contribution in [3.63, 3.8) is 0 Å². The lowest BCUT2D eigenvalue weighted by atomic mass is 9.70. The molecule has 3 atom stereocenters. The molecule has 1 N–H and O–H groups in total. The summed E-state index contributed by atoms with van der Waals surface area (Å²) in [5.74, 6) is -0.948. The van der Waals surface area contributed by atoms with Crippen molar-refractivity contribution < 1.29 is 19.0 Å². The Morgan fingerprint density at radius 2 is 2.10 bits per heavy atom. The summed E-state index contributed by atoms with van der Waals surface area (Å²) in [4.78, 5) is 10.8. The fourth-order valence-electron chi connectivity index (χ4n) is 4.19. The monoisotopic (exact) mass is 292 g/mol. The molecule has 0 amide bonds. The van der Waals surface area contributed by atoms with Gasteiger partial charge in [-0.1, -0.05) is 20.8 Å². The average molecular weight is 292 g/mol. The first-order chi connectivity index (χ1) is 9.75. The van der Waals surface area contributed by atoms with Crippen LogP contribution in [-0.2, 0) is 0 Å². The van der Waals surface area contributed by atoms with E-state index >= 15 is 0 Å². The van der Waals surface area contributed by atoms with Gasteiger partial charge in [-0.25, -0.2) is 9.18 Å². The van der Waals surface area contributed by atoms with Gasteiger partial charge in [-0.2, -0.15) is 0 Å². The van der Waals surface area contributed by atoms with Crippen molar-refractivity contribution in [2.75, 3.05) is 0 Å². The molecule has 4 heteroatoms. The second kappa shape index (κ2) is 4.46. The summed E-state index contributed by atoms with van der Waals surface area (Å²) >= 11 is 0. The molecule has 0 spiro atoms. The Morgan fingerprint density at radius 1 is 1.38 bits per heavy atom. The van der Waals surface area contributed by atoms with Crippen molar-refractivity contribution in [1.82, 2.24) is 0 Å². The summed E-state index contributed by atoms with van der Waals surface area (Å²) in [5.41, 5.74) is 0.199. The molecule has 0 saturated heterocycles. The van der Waals surface area contributed by atoms with Gasteiger partial charge in [0, 0.05) is 5.41 Å². The molecule has 3 rings (SSSR count). The first-order valence-corrected chi connectivity index (χ1v) is 7.45. The third-order valence-corrected chi connectivity index (χ3v) is 6.16. The van der Waals surface area contributed by atoms with Crippen LogP contribution in [0.4, 0.5) is 4.39 Å². The van der Waals surface area contributed by atoms with Crippen LogP contribution in [-0.4, -0.2) is 17.2 Å². The molecule has 2 fully saturated rings. The molecule has 3 unspecified atom stereocenters. The lowest BCUT2D eigenvalue weighted by Gasteiger charge is -2.38. The Kier molecular flexibility index (Phi) is 3.05. The molecule has 0 aromatic heterocycles. The highest BCUT2D eigenvalue weighted by Gasteiger charge is 2.62. The van der Waals surface area contributed by atoms with Crippen LogP contribution in [0.5, 0.6) is 5.75 Å². The van der Waals surface area contributed by atoms with Gasteiger partial charge in [0.2, 0.25) is 0 Å². The predicted molar refractivity (Wildman–Crippen MR) is 77.0 cm³/mol. The molecule has 1 aromatic carbocycles. The summed E-state index contributed by atoms with van der Waals surface area (Å²) in [6.45, 7) is 6.78. The van der Waals surface area contributed by atoms with Gasteiger partial charge in [-0.3, -0.25) is 0 Å². The van der Waals surface area contributed by atoms with Gasteiger partial charge in [0.15, 0.2) is 11.6 Å². The Bertz CT molecular complexity index is 596. The van der Waals surface area contributed by atoms with E-state index in [2.05, 4.69) is 20.8 Å². The Hall–Kier alpha value is -1.58. The van der Waals surface area contributed by atoms with Crippen LogP contribution in [0, 0.1) is 22.6 Å². The van der Waals surface area contributed by atoms with E-state index in [4.69, 9.17) is 9.84 Å². The number of ether oxygens (including phenoxy) is 1. The second-order valence-electron chi connectivity index (χ2n) is 7.17. The van der Waals surface area contributed by atoms with E-state index in [1.807, 2.05) is 0 Å². The number of benzene rings is 1. The summed E-state index contributed by atoms with van der Waals surface area (Å²) in [7, 11) is 0. The molecular formula is C17H21FO3. The van der Waals surface area contributed by atoms with Gasteiger partial charge >= 0.3 is 5.97 Å². The molecule has 0 heterocycles. The number of fused-ring (bicyclic) bond motifs is 2. The number of carboxylic acid groups (broad SMARTS) is 1. The molecule has 0 aliphatic heterocycles. The third kappa shape index (κ3) is 1.95. The largest absolute Gasteiger partial charge is 0.487 e. The van der Waals surface area contributed by atoms with Crippen molar-refractivity contribution in [3.05, 3.63) is 29.6 Å². The molecule has 114 valence electrons. The van der Waals surface area contributed by atoms with Gasteiger partial charge in [0.1, 0.15) is 6.10 Å². The highest BCUT2D eigenvalue weighted by atomic mass is 19.1. The van der Waals surface area contributed by atoms with Crippen LogP contribution in [0.25, 0.3) is 0 Å². The molecule has 1 aromatic rings. The van der Waals surface area contributed by atoms with Gasteiger partial charge in [0.25, 0.3) is 0 Å². The minimum atomic E-state index is -1.13. The van der Waals surface area contributed by atoms with E-state index in [9.17, 15) is 9.18 Å². The number of carbonyl (C=O) groups is 1. The highest BCUT2D eigenvalue weighted by Crippen LogP contribution is 2.66. The Labute approximate surface area is 124 Å². The maximum atomic E-state index is 14.0. The van der Waals surface area contributed by atoms with E-state index in [1.165, 1.54) is 18.6 Å². The molecule has 2 saturated carbocycles. The maximum Gasteiger partial charge on any atom is 0.335 e. The van der Waals surface area contributed by atoms with Crippen molar-refractivity contribution in [3.8, 4) is 5.75 Å². The van der Waals surface area contributed by atoms with Gasteiger partial charge in [-0.15, -0.1) is 0 Å². The van der Waals surface area contributed by atoms with Gasteiger partial charge in [-0.05, 0) is 48.8 Å². The molecule has 3 nitrogen and oxygen atoms in total. The smallest absolute Gasteiger partial charge is 0.335 e. The molecule has 21 heavy (non-hydrogen) atoms. The van der Waals surface area contributed by atoms with Crippen molar-refractivity contribution >= 4 is 5.97 Å². The predicted octanol–water partition coefficient (Wildman–Crippen LogP) is 4.12. The van der Waals surface area contributed by atoms with Crippen LogP contribution >= 0.6 is 0 Å². The van der Waals surface area contributed by atoms with Crippen LogP contribution in [0.2, 0.25) is 0 Å². The number of rotatable bonds is 3. The fraction of sp³-hybridized carbons (Fsp3) is 0.588. The summed E-state index contributed by atoms with van der Waals surface area (Å²) in [6.07, 6.45) is 3.26. The zero-order chi connectivity index (χ0) is 15.4. The molecule has 2 aliphatic rings. The summed E-state index contributed by atoms with van der Waals surface area (Å²) in [5, 5.41) is 8.87. The minimum Gasteiger partial charge on any atom is -0.487 e. The topological polar surface area (TPSA) is 46.5 Å².